The number of nitrogens with one attached hydrogen (secondary N) is 1. The van der Waals surface area contributed by atoms with Crippen LogP contribution in [0.5, 0.6) is 0 Å². The number of thiophene rings is 1. The number of carbonyl (C=O) groups excluding carboxylic acids is 1. The van der Waals surface area contributed by atoms with E-state index in [1.54, 1.807) is 11.3 Å². The molecule has 1 aromatic carbocycles. The molecule has 1 saturated carbocycles. The number of benzene rings is 1. The lowest BCUT2D eigenvalue weighted by Crippen LogP contribution is -2.34. The summed E-state index contributed by atoms with van der Waals surface area (Å²) in [5, 5.41) is 9.87. The number of carbonyl (C=O) groups is 1. The largest absolute Gasteiger partial charge is 0.349 e. The molecule has 5 heteroatoms. The summed E-state index contributed by atoms with van der Waals surface area (Å²) >= 11 is 1.61. The van der Waals surface area contributed by atoms with Gasteiger partial charge in [0.15, 0.2) is 0 Å². The first-order chi connectivity index (χ1) is 12.2. The highest BCUT2D eigenvalue weighted by Gasteiger charge is 2.30. The Morgan fingerprint density at radius 1 is 1.28 bits per heavy atom. The van der Waals surface area contributed by atoms with Crippen LogP contribution in [0.15, 0.2) is 54.0 Å². The van der Waals surface area contributed by atoms with E-state index in [1.807, 2.05) is 46.6 Å². The first-order valence-corrected chi connectivity index (χ1v) is 9.55. The molecule has 1 aliphatic rings. The van der Waals surface area contributed by atoms with Gasteiger partial charge in [-0.25, -0.2) is 0 Å². The van der Waals surface area contributed by atoms with Gasteiger partial charge in [-0.1, -0.05) is 36.4 Å². The lowest BCUT2D eigenvalue weighted by Gasteiger charge is -2.12. The maximum Gasteiger partial charge on any atom is 0.255 e. The fraction of sp³-hybridized carbons (Fsp3) is 0.300. The molecular weight excluding hydrogens is 330 g/mol. The van der Waals surface area contributed by atoms with E-state index in [4.69, 9.17) is 5.10 Å². The molecule has 0 bridgehead atoms. The van der Waals surface area contributed by atoms with E-state index in [-0.39, 0.29) is 11.9 Å². The Labute approximate surface area is 151 Å². The average molecular weight is 351 g/mol. The zero-order valence-corrected chi connectivity index (χ0v) is 15.0. The van der Waals surface area contributed by atoms with Gasteiger partial charge in [-0.05, 0) is 42.7 Å². The first-order valence-electron chi connectivity index (χ1n) is 8.67. The molecule has 128 valence electrons. The van der Waals surface area contributed by atoms with Crippen LogP contribution in [0.1, 0.15) is 35.7 Å². The predicted octanol–water partition coefficient (Wildman–Crippen LogP) is 4.19. The zero-order valence-electron chi connectivity index (χ0n) is 14.2. The number of rotatable bonds is 6. The van der Waals surface area contributed by atoms with Crippen molar-refractivity contribution in [2.45, 2.75) is 32.4 Å². The molecule has 25 heavy (non-hydrogen) atoms. The normalized spacial score (nSPS) is 15.1. The summed E-state index contributed by atoms with van der Waals surface area (Å²) in [5.74, 6) is 0.607. The van der Waals surface area contributed by atoms with Crippen LogP contribution in [0, 0.1) is 5.92 Å². The van der Waals surface area contributed by atoms with Gasteiger partial charge in [-0.3, -0.25) is 9.48 Å². The second kappa shape index (κ2) is 6.84. The Balaban J connectivity index is 1.62. The van der Waals surface area contributed by atoms with Gasteiger partial charge in [-0.15, -0.1) is 11.3 Å². The van der Waals surface area contributed by atoms with Crippen molar-refractivity contribution in [1.29, 1.82) is 0 Å². The summed E-state index contributed by atoms with van der Waals surface area (Å²) in [4.78, 5) is 13.8. The van der Waals surface area contributed by atoms with Crippen molar-refractivity contribution in [2.75, 3.05) is 0 Å². The number of aromatic nitrogens is 2. The number of nitrogens with zero attached hydrogens (tertiary/aromatic N) is 2. The van der Waals surface area contributed by atoms with Crippen molar-refractivity contribution < 1.29 is 4.79 Å². The minimum atomic E-state index is -0.0258. The topological polar surface area (TPSA) is 46.9 Å². The van der Waals surface area contributed by atoms with E-state index < -0.39 is 0 Å². The van der Waals surface area contributed by atoms with Gasteiger partial charge in [0.2, 0.25) is 0 Å². The molecule has 1 unspecified atom stereocenters. The Morgan fingerprint density at radius 3 is 2.76 bits per heavy atom. The molecule has 4 rings (SSSR count). The van der Waals surface area contributed by atoms with Crippen molar-refractivity contribution in [1.82, 2.24) is 15.1 Å². The minimum Gasteiger partial charge on any atom is -0.349 e. The third kappa shape index (κ3) is 3.66. The third-order valence-electron chi connectivity index (χ3n) is 4.64. The van der Waals surface area contributed by atoms with Crippen molar-refractivity contribution >= 4 is 17.2 Å². The zero-order chi connectivity index (χ0) is 17.2. The Hall–Kier alpha value is -2.40. The van der Waals surface area contributed by atoms with Crippen molar-refractivity contribution in [3.8, 4) is 10.6 Å². The van der Waals surface area contributed by atoms with Crippen LogP contribution in [0.4, 0.5) is 0 Å². The number of hydrogen-bond donors (Lipinski definition) is 1. The van der Waals surface area contributed by atoms with Crippen molar-refractivity contribution in [2.24, 2.45) is 5.92 Å². The minimum absolute atomic E-state index is 0.0258. The number of hydrogen-bond acceptors (Lipinski definition) is 3. The Bertz CT molecular complexity index is 850. The summed E-state index contributed by atoms with van der Waals surface area (Å²) in [6.07, 6.45) is 4.30. The molecule has 1 aliphatic carbocycles. The highest BCUT2D eigenvalue weighted by atomic mass is 32.1. The van der Waals surface area contributed by atoms with E-state index in [2.05, 4.69) is 24.4 Å². The summed E-state index contributed by atoms with van der Waals surface area (Å²) in [6.45, 7) is 2.75. The molecule has 1 fully saturated rings. The molecule has 4 nitrogen and oxygen atoms in total. The molecule has 1 atom stereocenters. The molecule has 2 aromatic heterocycles. The number of amides is 1. The van der Waals surface area contributed by atoms with Gasteiger partial charge in [0, 0.05) is 12.2 Å². The standard InChI is InChI=1S/C20H21N3OS/c1-14(16-9-10-16)21-20(24)17-13-23(12-15-6-3-2-4-7-15)22-19(17)18-8-5-11-25-18/h2-8,11,13-14,16H,9-10,12H2,1H3,(H,21,24). The van der Waals surface area contributed by atoms with E-state index in [0.29, 0.717) is 18.0 Å². The lowest BCUT2D eigenvalue weighted by molar-refractivity contribution is 0.0936. The van der Waals surface area contributed by atoms with E-state index in [0.717, 1.165) is 10.6 Å². The molecule has 1 amide bonds. The SMILES string of the molecule is CC(NC(=O)c1cn(Cc2ccccc2)nc1-c1cccs1)C1CC1. The fourth-order valence-corrected chi connectivity index (χ4v) is 3.76. The van der Waals surface area contributed by atoms with Crippen LogP contribution in [0.25, 0.3) is 10.6 Å². The smallest absolute Gasteiger partial charge is 0.255 e. The summed E-state index contributed by atoms with van der Waals surface area (Å²) in [5.41, 5.74) is 2.60. The summed E-state index contributed by atoms with van der Waals surface area (Å²) in [6, 6.07) is 14.4. The van der Waals surface area contributed by atoms with Crippen LogP contribution in [-0.2, 0) is 6.54 Å². The molecule has 0 aliphatic heterocycles. The fourth-order valence-electron chi connectivity index (χ4n) is 3.03. The van der Waals surface area contributed by atoms with Crippen LogP contribution >= 0.6 is 11.3 Å². The maximum absolute atomic E-state index is 12.8. The Kier molecular flexibility index (Phi) is 4.40. The second-order valence-electron chi connectivity index (χ2n) is 6.65. The van der Waals surface area contributed by atoms with E-state index >= 15 is 0 Å². The first kappa shape index (κ1) is 16.1. The van der Waals surface area contributed by atoms with Gasteiger partial charge < -0.3 is 5.32 Å². The summed E-state index contributed by atoms with van der Waals surface area (Å²) < 4.78 is 1.86. The van der Waals surface area contributed by atoms with Gasteiger partial charge >= 0.3 is 0 Å². The predicted molar refractivity (Wildman–Crippen MR) is 101 cm³/mol. The van der Waals surface area contributed by atoms with Gasteiger partial charge in [0.1, 0.15) is 5.69 Å². The van der Waals surface area contributed by atoms with Crippen LogP contribution in [-0.4, -0.2) is 21.7 Å². The second-order valence-corrected chi connectivity index (χ2v) is 7.60. The van der Waals surface area contributed by atoms with E-state index in [9.17, 15) is 4.79 Å². The Morgan fingerprint density at radius 2 is 2.08 bits per heavy atom. The van der Waals surface area contributed by atoms with Crippen LogP contribution in [0.2, 0.25) is 0 Å². The third-order valence-corrected chi connectivity index (χ3v) is 5.51. The van der Waals surface area contributed by atoms with Crippen LogP contribution < -0.4 is 5.32 Å². The molecule has 3 aromatic rings. The monoisotopic (exact) mass is 351 g/mol. The van der Waals surface area contributed by atoms with Gasteiger partial charge in [0.05, 0.1) is 17.0 Å². The molecule has 0 saturated heterocycles. The van der Waals surface area contributed by atoms with Gasteiger partial charge in [-0.2, -0.15) is 5.10 Å². The maximum atomic E-state index is 12.8. The average Bonchev–Trinajstić information content (AvgIpc) is 3.16. The molecule has 1 N–H and O–H groups in total. The van der Waals surface area contributed by atoms with Crippen molar-refractivity contribution in [3.63, 3.8) is 0 Å². The van der Waals surface area contributed by atoms with Gasteiger partial charge in [0.25, 0.3) is 5.91 Å². The van der Waals surface area contributed by atoms with E-state index in [1.165, 1.54) is 18.4 Å². The molecule has 2 heterocycles. The summed E-state index contributed by atoms with van der Waals surface area (Å²) in [7, 11) is 0. The lowest BCUT2D eigenvalue weighted by atomic mass is 10.1. The quantitative estimate of drug-likeness (QED) is 0.724. The highest BCUT2D eigenvalue weighted by molar-refractivity contribution is 7.13. The molecule has 0 radical (unpaired) electrons. The molecule has 0 spiro atoms. The van der Waals surface area contributed by atoms with Crippen LogP contribution in [0.3, 0.4) is 0 Å². The molecular formula is C20H21N3OS. The van der Waals surface area contributed by atoms with Crippen molar-refractivity contribution in [3.05, 3.63) is 65.2 Å². The highest BCUT2D eigenvalue weighted by Crippen LogP contribution is 2.33.